The quantitative estimate of drug-likeness (QED) is 0.342. The smallest absolute Gasteiger partial charge is 0.322 e. The van der Waals surface area contributed by atoms with E-state index in [-0.39, 0.29) is 6.03 Å². The molecule has 2 amide bonds. The summed E-state index contributed by atoms with van der Waals surface area (Å²) in [5.41, 5.74) is 6.43. The van der Waals surface area contributed by atoms with Crippen LogP contribution in [-0.4, -0.2) is 21.1 Å². The average Bonchev–Trinajstić information content (AvgIpc) is 3.33. The summed E-state index contributed by atoms with van der Waals surface area (Å²) in [6.45, 7) is 6.29. The van der Waals surface area contributed by atoms with Crippen molar-refractivity contribution >= 4 is 23.2 Å². The van der Waals surface area contributed by atoms with E-state index < -0.39 is 6.04 Å². The zero-order valence-corrected chi connectivity index (χ0v) is 20.5. The van der Waals surface area contributed by atoms with Crippen molar-refractivity contribution in [2.24, 2.45) is 0 Å². The van der Waals surface area contributed by atoms with Gasteiger partial charge in [-0.15, -0.1) is 0 Å². The van der Waals surface area contributed by atoms with E-state index in [1.54, 1.807) is 4.90 Å². The Morgan fingerprint density at radius 3 is 2.29 bits per heavy atom. The van der Waals surface area contributed by atoms with Crippen LogP contribution in [0.25, 0.3) is 17.0 Å². The topological polar surface area (TPSA) is 71.3 Å². The van der Waals surface area contributed by atoms with E-state index in [2.05, 4.69) is 10.5 Å². The number of nitrogens with zero attached hydrogens (tertiary/aromatic N) is 3. The first kappa shape index (κ1) is 22.9. The Kier molecular flexibility index (Phi) is 6.14. The fourth-order valence-electron chi connectivity index (χ4n) is 4.21. The lowest BCUT2D eigenvalue weighted by atomic mass is 9.94. The molecule has 4 aromatic rings. The molecule has 0 bridgehead atoms. The van der Waals surface area contributed by atoms with Crippen molar-refractivity contribution < 1.29 is 9.32 Å². The first-order valence-electron chi connectivity index (χ1n) is 11.4. The van der Waals surface area contributed by atoms with Gasteiger partial charge in [-0.2, -0.15) is 4.98 Å². The molecule has 0 saturated heterocycles. The van der Waals surface area contributed by atoms with Crippen molar-refractivity contribution in [2.45, 2.75) is 33.4 Å². The standard InChI is InChI=1S/C28H25ClN4O2/c1-17-8-12-20(13-9-17)25-24(27-31-26(32-35-27)21-14-10-18(2)11-15-21)19(3)33(28(34)30-25)16-22-6-4-5-7-23(22)29/h4-15,25H,16H2,1-3H3,(H,30,34). The summed E-state index contributed by atoms with van der Waals surface area (Å²) in [7, 11) is 0. The Morgan fingerprint density at radius 1 is 0.943 bits per heavy atom. The molecule has 0 spiro atoms. The molecule has 1 N–H and O–H groups in total. The predicted molar refractivity (Wildman–Crippen MR) is 137 cm³/mol. The summed E-state index contributed by atoms with van der Waals surface area (Å²) in [4.78, 5) is 19.7. The third-order valence-corrected chi connectivity index (χ3v) is 6.63. The highest BCUT2D eigenvalue weighted by Crippen LogP contribution is 2.38. The van der Waals surface area contributed by atoms with Crippen LogP contribution in [-0.2, 0) is 6.54 Å². The zero-order chi connectivity index (χ0) is 24.5. The summed E-state index contributed by atoms with van der Waals surface area (Å²) in [5, 5.41) is 7.98. The van der Waals surface area contributed by atoms with Gasteiger partial charge in [0.15, 0.2) is 0 Å². The number of halogens is 1. The number of urea groups is 1. The molecule has 2 heterocycles. The zero-order valence-electron chi connectivity index (χ0n) is 19.7. The Morgan fingerprint density at radius 2 is 1.60 bits per heavy atom. The Hall–Kier alpha value is -3.90. The number of aryl methyl sites for hydroxylation is 2. The molecule has 0 saturated carbocycles. The highest BCUT2D eigenvalue weighted by molar-refractivity contribution is 6.31. The van der Waals surface area contributed by atoms with E-state index in [4.69, 9.17) is 21.1 Å². The maximum atomic E-state index is 13.3. The van der Waals surface area contributed by atoms with Gasteiger partial charge in [0.1, 0.15) is 0 Å². The van der Waals surface area contributed by atoms with Crippen molar-refractivity contribution in [1.82, 2.24) is 20.4 Å². The molecule has 1 aromatic heterocycles. The second-order valence-corrected chi connectivity index (χ2v) is 9.17. The van der Waals surface area contributed by atoms with Crippen LogP contribution in [0.2, 0.25) is 5.02 Å². The van der Waals surface area contributed by atoms with E-state index in [0.717, 1.165) is 39.1 Å². The van der Waals surface area contributed by atoms with Gasteiger partial charge in [0, 0.05) is 16.3 Å². The Labute approximate surface area is 209 Å². The second-order valence-electron chi connectivity index (χ2n) is 8.76. The van der Waals surface area contributed by atoms with Crippen LogP contribution in [0.15, 0.2) is 83.0 Å². The summed E-state index contributed by atoms with van der Waals surface area (Å²) < 4.78 is 5.77. The lowest BCUT2D eigenvalue weighted by molar-refractivity contribution is 0.203. The monoisotopic (exact) mass is 484 g/mol. The van der Waals surface area contributed by atoms with Crippen LogP contribution < -0.4 is 5.32 Å². The van der Waals surface area contributed by atoms with Gasteiger partial charge >= 0.3 is 6.03 Å². The van der Waals surface area contributed by atoms with Crippen molar-refractivity contribution in [2.75, 3.05) is 0 Å². The normalized spacial score (nSPS) is 15.9. The first-order chi connectivity index (χ1) is 16.9. The van der Waals surface area contributed by atoms with Gasteiger partial charge in [0.05, 0.1) is 18.2 Å². The molecule has 5 rings (SSSR count). The molecular weight excluding hydrogens is 460 g/mol. The lowest BCUT2D eigenvalue weighted by Gasteiger charge is -2.35. The molecule has 7 heteroatoms. The Bertz CT molecular complexity index is 1410. The van der Waals surface area contributed by atoms with Crippen molar-refractivity contribution in [1.29, 1.82) is 0 Å². The molecule has 1 aliphatic heterocycles. The minimum Gasteiger partial charge on any atom is -0.334 e. The van der Waals surface area contributed by atoms with E-state index in [1.165, 1.54) is 0 Å². The molecular formula is C28H25ClN4O2. The van der Waals surface area contributed by atoms with Crippen LogP contribution in [0.3, 0.4) is 0 Å². The molecule has 1 atom stereocenters. The van der Waals surface area contributed by atoms with Gasteiger partial charge in [-0.3, -0.25) is 4.90 Å². The Balaban J connectivity index is 1.60. The molecule has 1 aliphatic rings. The van der Waals surface area contributed by atoms with Gasteiger partial charge in [-0.05, 0) is 38.0 Å². The second kappa shape index (κ2) is 9.39. The van der Waals surface area contributed by atoms with Gasteiger partial charge in [0.25, 0.3) is 5.89 Å². The van der Waals surface area contributed by atoms with Gasteiger partial charge in [0.2, 0.25) is 5.82 Å². The third kappa shape index (κ3) is 4.57. The van der Waals surface area contributed by atoms with Crippen LogP contribution in [0.5, 0.6) is 0 Å². The highest BCUT2D eigenvalue weighted by Gasteiger charge is 2.36. The average molecular weight is 485 g/mol. The minimum atomic E-state index is -0.433. The van der Waals surface area contributed by atoms with Crippen LogP contribution >= 0.6 is 11.6 Å². The number of carbonyl (C=O) groups is 1. The molecule has 0 fully saturated rings. The number of allylic oxidation sites excluding steroid dienone is 1. The van der Waals surface area contributed by atoms with E-state index in [0.29, 0.717) is 23.3 Å². The number of rotatable bonds is 5. The number of hydrogen-bond donors (Lipinski definition) is 1. The number of aromatic nitrogens is 2. The minimum absolute atomic E-state index is 0.213. The number of carbonyl (C=O) groups excluding carboxylic acids is 1. The fraction of sp³-hybridized carbons (Fsp3) is 0.179. The summed E-state index contributed by atoms with van der Waals surface area (Å²) in [6, 6.07) is 22.9. The summed E-state index contributed by atoms with van der Waals surface area (Å²) in [5.74, 6) is 0.866. The number of nitrogens with one attached hydrogen (secondary N) is 1. The first-order valence-corrected chi connectivity index (χ1v) is 11.8. The maximum absolute atomic E-state index is 13.3. The predicted octanol–water partition coefficient (Wildman–Crippen LogP) is 6.70. The van der Waals surface area contributed by atoms with E-state index in [9.17, 15) is 4.79 Å². The van der Waals surface area contributed by atoms with Gasteiger partial charge in [-0.25, -0.2) is 4.79 Å². The lowest BCUT2D eigenvalue weighted by Crippen LogP contribution is -2.45. The van der Waals surface area contributed by atoms with E-state index >= 15 is 0 Å². The number of benzene rings is 3. The van der Waals surface area contributed by atoms with Crippen molar-refractivity contribution in [3.63, 3.8) is 0 Å². The molecule has 3 aromatic carbocycles. The molecule has 1 unspecified atom stereocenters. The van der Waals surface area contributed by atoms with E-state index in [1.807, 2.05) is 93.6 Å². The molecule has 35 heavy (non-hydrogen) atoms. The molecule has 0 aliphatic carbocycles. The van der Waals surface area contributed by atoms with Crippen molar-refractivity contribution in [3.8, 4) is 11.4 Å². The van der Waals surface area contributed by atoms with Gasteiger partial charge in [-0.1, -0.05) is 94.6 Å². The summed E-state index contributed by atoms with van der Waals surface area (Å²) >= 11 is 6.40. The van der Waals surface area contributed by atoms with Crippen molar-refractivity contribution in [3.05, 3.63) is 112 Å². The molecule has 6 nitrogen and oxygen atoms in total. The third-order valence-electron chi connectivity index (χ3n) is 6.26. The highest BCUT2D eigenvalue weighted by atomic mass is 35.5. The van der Waals surface area contributed by atoms with Crippen LogP contribution in [0, 0.1) is 13.8 Å². The molecule has 176 valence electrons. The fourth-order valence-corrected chi connectivity index (χ4v) is 4.40. The number of amides is 2. The van der Waals surface area contributed by atoms with Crippen LogP contribution in [0.1, 0.15) is 41.1 Å². The summed E-state index contributed by atoms with van der Waals surface area (Å²) in [6.07, 6.45) is 0. The number of hydrogen-bond acceptors (Lipinski definition) is 4. The SMILES string of the molecule is CC1=C(c2nc(-c3ccc(C)cc3)no2)C(c2ccc(C)cc2)NC(=O)N1Cc1ccccc1Cl. The maximum Gasteiger partial charge on any atom is 0.322 e. The molecule has 0 radical (unpaired) electrons. The largest absolute Gasteiger partial charge is 0.334 e. The van der Waals surface area contributed by atoms with Crippen LogP contribution in [0.4, 0.5) is 4.79 Å². The van der Waals surface area contributed by atoms with Gasteiger partial charge < -0.3 is 9.84 Å².